The number of benzene rings is 1. The number of nitrogens with one attached hydrogen (secondary N) is 1. The highest BCUT2D eigenvalue weighted by molar-refractivity contribution is 9.10. The van der Waals surface area contributed by atoms with Crippen LogP contribution in [0.5, 0.6) is 0 Å². The Bertz CT molecular complexity index is 534. The Labute approximate surface area is 116 Å². The molecule has 1 N–H and O–H groups in total. The van der Waals surface area contributed by atoms with Gasteiger partial charge in [-0.2, -0.15) is 5.10 Å². The highest BCUT2D eigenvalue weighted by Crippen LogP contribution is 2.25. The zero-order valence-electron chi connectivity index (χ0n) is 10.9. The second kappa shape index (κ2) is 5.67. The molecule has 0 aliphatic heterocycles. The number of rotatable bonds is 4. The van der Waals surface area contributed by atoms with E-state index in [-0.39, 0.29) is 6.04 Å². The van der Waals surface area contributed by atoms with Crippen LogP contribution < -0.4 is 5.32 Å². The number of aromatic nitrogens is 2. The van der Waals surface area contributed by atoms with Gasteiger partial charge in [-0.15, -0.1) is 0 Å². The molecule has 0 bridgehead atoms. The molecule has 0 amide bonds. The van der Waals surface area contributed by atoms with Gasteiger partial charge in [0, 0.05) is 23.3 Å². The monoisotopic (exact) mass is 307 g/mol. The van der Waals surface area contributed by atoms with Gasteiger partial charge >= 0.3 is 0 Å². The molecule has 0 spiro atoms. The summed E-state index contributed by atoms with van der Waals surface area (Å²) in [6.07, 6.45) is 3.98. The van der Waals surface area contributed by atoms with Crippen LogP contribution in [-0.4, -0.2) is 16.3 Å². The zero-order valence-corrected chi connectivity index (χ0v) is 12.5. The Morgan fingerprint density at radius 2 is 2.17 bits per heavy atom. The standard InChI is InChI=1S/C14H18BrN3/c1-4-16-14(12-8-17-18(3)9-12)11-5-6-13(15)10(2)7-11/h5-9,14,16H,4H2,1-3H3. The average Bonchev–Trinajstić information content (AvgIpc) is 2.76. The molecule has 0 aliphatic carbocycles. The topological polar surface area (TPSA) is 29.9 Å². The van der Waals surface area contributed by atoms with Crippen molar-refractivity contribution in [3.63, 3.8) is 0 Å². The van der Waals surface area contributed by atoms with E-state index in [4.69, 9.17) is 0 Å². The Kier molecular flexibility index (Phi) is 4.19. The minimum atomic E-state index is 0.204. The second-order valence-corrected chi connectivity index (χ2v) is 5.30. The van der Waals surface area contributed by atoms with Crippen molar-refractivity contribution in [1.82, 2.24) is 15.1 Å². The van der Waals surface area contributed by atoms with Crippen LogP contribution >= 0.6 is 15.9 Å². The van der Waals surface area contributed by atoms with Crippen LogP contribution in [0.15, 0.2) is 35.1 Å². The molecule has 18 heavy (non-hydrogen) atoms. The van der Waals surface area contributed by atoms with E-state index < -0.39 is 0 Å². The van der Waals surface area contributed by atoms with E-state index in [1.807, 2.05) is 17.9 Å². The van der Waals surface area contributed by atoms with Gasteiger partial charge < -0.3 is 5.32 Å². The molecule has 0 aliphatic rings. The molecule has 0 saturated heterocycles. The molecule has 1 atom stereocenters. The molecule has 0 radical (unpaired) electrons. The molecule has 1 unspecified atom stereocenters. The third-order valence-electron chi connectivity index (χ3n) is 2.98. The van der Waals surface area contributed by atoms with Crippen LogP contribution in [0.4, 0.5) is 0 Å². The van der Waals surface area contributed by atoms with Crippen molar-refractivity contribution >= 4 is 15.9 Å². The summed E-state index contributed by atoms with van der Waals surface area (Å²) in [6, 6.07) is 6.67. The first-order chi connectivity index (χ1) is 8.61. The third-order valence-corrected chi connectivity index (χ3v) is 3.87. The largest absolute Gasteiger partial charge is 0.306 e. The SMILES string of the molecule is CCNC(c1ccc(Br)c(C)c1)c1cnn(C)c1. The number of hydrogen-bond donors (Lipinski definition) is 1. The van der Waals surface area contributed by atoms with Crippen LogP contribution in [0.2, 0.25) is 0 Å². The Hall–Kier alpha value is -1.13. The van der Waals surface area contributed by atoms with Crippen molar-refractivity contribution in [3.8, 4) is 0 Å². The summed E-state index contributed by atoms with van der Waals surface area (Å²) in [5.74, 6) is 0. The Balaban J connectivity index is 2.37. The van der Waals surface area contributed by atoms with Crippen molar-refractivity contribution in [3.05, 3.63) is 51.8 Å². The summed E-state index contributed by atoms with van der Waals surface area (Å²) >= 11 is 3.54. The molecule has 4 heteroatoms. The van der Waals surface area contributed by atoms with Gasteiger partial charge in [0.05, 0.1) is 12.2 Å². The highest BCUT2D eigenvalue weighted by atomic mass is 79.9. The van der Waals surface area contributed by atoms with Gasteiger partial charge in [0.2, 0.25) is 0 Å². The van der Waals surface area contributed by atoms with Gasteiger partial charge in [-0.25, -0.2) is 0 Å². The van der Waals surface area contributed by atoms with Gasteiger partial charge in [0.25, 0.3) is 0 Å². The maximum Gasteiger partial charge on any atom is 0.0607 e. The number of aryl methyl sites for hydroxylation is 2. The summed E-state index contributed by atoms with van der Waals surface area (Å²) < 4.78 is 2.98. The first-order valence-corrected chi connectivity index (χ1v) is 6.89. The van der Waals surface area contributed by atoms with E-state index in [2.05, 4.69) is 64.6 Å². The molecule has 1 heterocycles. The van der Waals surface area contributed by atoms with E-state index in [9.17, 15) is 0 Å². The van der Waals surface area contributed by atoms with E-state index in [1.165, 1.54) is 16.7 Å². The number of hydrogen-bond acceptors (Lipinski definition) is 2. The van der Waals surface area contributed by atoms with Crippen LogP contribution in [0.1, 0.15) is 29.7 Å². The summed E-state index contributed by atoms with van der Waals surface area (Å²) in [6.45, 7) is 5.16. The fourth-order valence-corrected chi connectivity index (χ4v) is 2.32. The zero-order chi connectivity index (χ0) is 13.1. The Morgan fingerprint density at radius 3 is 2.72 bits per heavy atom. The van der Waals surface area contributed by atoms with Crippen molar-refractivity contribution in [1.29, 1.82) is 0 Å². The molecule has 0 saturated carbocycles. The lowest BCUT2D eigenvalue weighted by Gasteiger charge is -2.17. The van der Waals surface area contributed by atoms with Crippen LogP contribution in [0, 0.1) is 6.92 Å². The molecule has 2 aromatic rings. The molecule has 3 nitrogen and oxygen atoms in total. The smallest absolute Gasteiger partial charge is 0.0607 e. The van der Waals surface area contributed by atoms with Gasteiger partial charge in [-0.05, 0) is 30.7 Å². The molecule has 0 fully saturated rings. The van der Waals surface area contributed by atoms with Gasteiger partial charge in [-0.1, -0.05) is 35.0 Å². The maximum absolute atomic E-state index is 4.25. The molecule has 1 aromatic carbocycles. The summed E-state index contributed by atoms with van der Waals surface area (Å²) in [5.41, 5.74) is 3.71. The minimum absolute atomic E-state index is 0.204. The summed E-state index contributed by atoms with van der Waals surface area (Å²) in [4.78, 5) is 0. The number of nitrogens with zero attached hydrogens (tertiary/aromatic N) is 2. The molecule has 96 valence electrons. The maximum atomic E-state index is 4.25. The third kappa shape index (κ3) is 2.82. The van der Waals surface area contributed by atoms with Gasteiger partial charge in [0.15, 0.2) is 0 Å². The number of halogens is 1. The predicted molar refractivity (Wildman–Crippen MR) is 77.6 cm³/mol. The minimum Gasteiger partial charge on any atom is -0.306 e. The first-order valence-electron chi connectivity index (χ1n) is 6.09. The van der Waals surface area contributed by atoms with Crippen molar-refractivity contribution in [2.75, 3.05) is 6.54 Å². The van der Waals surface area contributed by atoms with Crippen molar-refractivity contribution in [2.24, 2.45) is 7.05 Å². The van der Waals surface area contributed by atoms with Crippen LogP contribution in [0.3, 0.4) is 0 Å². The molecule has 1 aromatic heterocycles. The fraction of sp³-hybridized carbons (Fsp3) is 0.357. The molecular formula is C14H18BrN3. The van der Waals surface area contributed by atoms with E-state index in [1.54, 1.807) is 0 Å². The first kappa shape index (κ1) is 13.3. The molecule has 2 rings (SSSR count). The summed E-state index contributed by atoms with van der Waals surface area (Å²) in [7, 11) is 1.94. The van der Waals surface area contributed by atoms with E-state index >= 15 is 0 Å². The predicted octanol–water partition coefficient (Wildman–Crippen LogP) is 3.19. The van der Waals surface area contributed by atoms with Crippen LogP contribution in [0.25, 0.3) is 0 Å². The lowest BCUT2D eigenvalue weighted by Crippen LogP contribution is -2.21. The second-order valence-electron chi connectivity index (χ2n) is 4.45. The van der Waals surface area contributed by atoms with Crippen molar-refractivity contribution < 1.29 is 0 Å². The fourth-order valence-electron chi connectivity index (χ4n) is 2.07. The van der Waals surface area contributed by atoms with E-state index in [0.717, 1.165) is 11.0 Å². The average molecular weight is 308 g/mol. The Morgan fingerprint density at radius 1 is 1.39 bits per heavy atom. The normalized spacial score (nSPS) is 12.7. The summed E-state index contributed by atoms with van der Waals surface area (Å²) in [5, 5.41) is 7.76. The lowest BCUT2D eigenvalue weighted by molar-refractivity contribution is 0.629. The molecular weight excluding hydrogens is 290 g/mol. The van der Waals surface area contributed by atoms with Gasteiger partial charge in [-0.3, -0.25) is 4.68 Å². The van der Waals surface area contributed by atoms with Crippen LogP contribution in [-0.2, 0) is 7.05 Å². The quantitative estimate of drug-likeness (QED) is 0.940. The lowest BCUT2D eigenvalue weighted by atomic mass is 10.00. The van der Waals surface area contributed by atoms with Gasteiger partial charge in [0.1, 0.15) is 0 Å². The van der Waals surface area contributed by atoms with E-state index in [0.29, 0.717) is 0 Å². The highest BCUT2D eigenvalue weighted by Gasteiger charge is 2.15. The van der Waals surface area contributed by atoms with Crippen molar-refractivity contribution in [2.45, 2.75) is 19.9 Å².